The molecular weight excluding hydrogens is 388 g/mol. The van der Waals surface area contributed by atoms with Crippen LogP contribution >= 0.6 is 11.6 Å². The van der Waals surface area contributed by atoms with Crippen molar-refractivity contribution < 1.29 is 9.15 Å². The number of ether oxygens (including phenoxy) is 1. The summed E-state index contributed by atoms with van der Waals surface area (Å²) < 4.78 is 12.5. The van der Waals surface area contributed by atoms with Crippen molar-refractivity contribution in [1.82, 2.24) is 9.78 Å². The summed E-state index contributed by atoms with van der Waals surface area (Å²) in [6.07, 6.45) is 3.03. The van der Waals surface area contributed by atoms with E-state index in [1.165, 1.54) is 10.9 Å². The number of nitrogens with zero attached hydrogens (tertiary/aromatic N) is 2. The van der Waals surface area contributed by atoms with Crippen molar-refractivity contribution in [2.45, 2.75) is 6.54 Å². The molecule has 29 heavy (non-hydrogen) atoms. The zero-order chi connectivity index (χ0) is 19.8. The summed E-state index contributed by atoms with van der Waals surface area (Å²) in [4.78, 5) is 13.0. The van der Waals surface area contributed by atoms with Crippen molar-refractivity contribution in [3.05, 3.63) is 100 Å². The summed E-state index contributed by atoms with van der Waals surface area (Å²) in [6, 6.07) is 21.2. The number of benzene rings is 3. The maximum Gasteiger partial charge on any atom is 0.311 e. The van der Waals surface area contributed by atoms with Gasteiger partial charge >= 0.3 is 5.56 Å². The topological polar surface area (TPSA) is 57.3 Å². The highest BCUT2D eigenvalue weighted by Crippen LogP contribution is 2.28. The van der Waals surface area contributed by atoms with Crippen LogP contribution in [0, 0.1) is 0 Å². The van der Waals surface area contributed by atoms with Crippen LogP contribution in [0.3, 0.4) is 0 Å². The zero-order valence-corrected chi connectivity index (χ0v) is 16.0. The van der Waals surface area contributed by atoms with Gasteiger partial charge in [0, 0.05) is 5.39 Å². The van der Waals surface area contributed by atoms with Gasteiger partial charge in [-0.15, -0.1) is 0 Å². The minimum absolute atomic E-state index is 0.0461. The monoisotopic (exact) mass is 402 g/mol. The van der Waals surface area contributed by atoms with Crippen LogP contribution in [0.5, 0.6) is 11.5 Å². The summed E-state index contributed by atoms with van der Waals surface area (Å²) in [7, 11) is 0. The SMILES string of the molecule is O=c1c(Oc2ccc3occc3c2)c(Cl)cnn1Cc1cccc2ccccc12. The molecule has 2 aromatic heterocycles. The van der Waals surface area contributed by atoms with E-state index in [2.05, 4.69) is 5.10 Å². The fraction of sp³-hybridized carbons (Fsp3) is 0.0435. The minimum Gasteiger partial charge on any atom is -0.464 e. The highest BCUT2D eigenvalue weighted by Gasteiger charge is 2.14. The van der Waals surface area contributed by atoms with Gasteiger partial charge in [-0.3, -0.25) is 4.79 Å². The van der Waals surface area contributed by atoms with Gasteiger partial charge in [0.2, 0.25) is 5.75 Å². The van der Waals surface area contributed by atoms with E-state index in [1.807, 2.05) is 48.5 Å². The van der Waals surface area contributed by atoms with Crippen LogP contribution in [0.15, 0.2) is 88.4 Å². The maximum absolute atomic E-state index is 13.0. The van der Waals surface area contributed by atoms with Gasteiger partial charge in [0.1, 0.15) is 16.4 Å². The number of fused-ring (bicyclic) bond motifs is 2. The van der Waals surface area contributed by atoms with Crippen molar-refractivity contribution in [2.75, 3.05) is 0 Å². The quantitative estimate of drug-likeness (QED) is 0.390. The van der Waals surface area contributed by atoms with Gasteiger partial charge in [-0.2, -0.15) is 5.10 Å². The standard InChI is InChI=1S/C23H15ClN2O3/c24-20-13-25-26(14-17-6-3-5-15-4-1-2-7-19(15)17)23(27)22(20)29-18-8-9-21-16(12-18)10-11-28-21/h1-13H,14H2. The molecule has 0 aliphatic rings. The Hall–Kier alpha value is -3.57. The van der Waals surface area contributed by atoms with E-state index in [0.717, 1.165) is 27.3 Å². The van der Waals surface area contributed by atoms with Crippen molar-refractivity contribution in [3.63, 3.8) is 0 Å². The van der Waals surface area contributed by atoms with Crippen LogP contribution in [-0.4, -0.2) is 9.78 Å². The Labute approximate surface area is 170 Å². The second-order valence-corrected chi connectivity index (χ2v) is 7.05. The predicted octanol–water partition coefficient (Wildman–Crippen LogP) is 5.64. The van der Waals surface area contributed by atoms with Gasteiger partial charge in [-0.05, 0) is 40.6 Å². The highest BCUT2D eigenvalue weighted by molar-refractivity contribution is 6.31. The molecule has 0 aliphatic heterocycles. The van der Waals surface area contributed by atoms with E-state index < -0.39 is 5.56 Å². The molecule has 5 nitrogen and oxygen atoms in total. The number of rotatable bonds is 4. The fourth-order valence-electron chi connectivity index (χ4n) is 3.37. The first-order valence-electron chi connectivity index (χ1n) is 9.06. The van der Waals surface area contributed by atoms with E-state index in [0.29, 0.717) is 12.3 Å². The van der Waals surface area contributed by atoms with Crippen LogP contribution in [0.4, 0.5) is 0 Å². The lowest BCUT2D eigenvalue weighted by Crippen LogP contribution is -2.24. The molecule has 0 atom stereocenters. The van der Waals surface area contributed by atoms with E-state index >= 15 is 0 Å². The molecule has 0 aliphatic carbocycles. The van der Waals surface area contributed by atoms with E-state index in [1.54, 1.807) is 24.5 Å². The number of hydrogen-bond acceptors (Lipinski definition) is 4. The molecule has 0 fully saturated rings. The second kappa shape index (κ2) is 7.11. The van der Waals surface area contributed by atoms with Crippen LogP contribution in [0.25, 0.3) is 21.7 Å². The van der Waals surface area contributed by atoms with Gasteiger partial charge in [0.05, 0.1) is 19.0 Å². The maximum atomic E-state index is 13.0. The number of furan rings is 1. The van der Waals surface area contributed by atoms with Crippen LogP contribution in [-0.2, 0) is 6.54 Å². The molecule has 0 saturated carbocycles. The Morgan fingerprint density at radius 1 is 1.00 bits per heavy atom. The van der Waals surface area contributed by atoms with E-state index in [-0.39, 0.29) is 10.8 Å². The molecule has 0 unspecified atom stereocenters. The molecule has 0 radical (unpaired) electrons. The molecule has 0 spiro atoms. The average Bonchev–Trinajstić information content (AvgIpc) is 3.21. The average molecular weight is 403 g/mol. The predicted molar refractivity (Wildman–Crippen MR) is 113 cm³/mol. The first kappa shape index (κ1) is 17.5. The van der Waals surface area contributed by atoms with Crippen molar-refractivity contribution >= 4 is 33.3 Å². The largest absolute Gasteiger partial charge is 0.464 e. The van der Waals surface area contributed by atoms with Crippen LogP contribution in [0.1, 0.15) is 5.56 Å². The smallest absolute Gasteiger partial charge is 0.311 e. The van der Waals surface area contributed by atoms with Crippen molar-refractivity contribution in [2.24, 2.45) is 0 Å². The third kappa shape index (κ3) is 3.26. The molecule has 5 aromatic rings. The van der Waals surface area contributed by atoms with Gasteiger partial charge in [0.15, 0.2) is 0 Å². The summed E-state index contributed by atoms with van der Waals surface area (Å²) >= 11 is 6.23. The summed E-state index contributed by atoms with van der Waals surface area (Å²) in [5.74, 6) is 0.547. The lowest BCUT2D eigenvalue weighted by Gasteiger charge is -2.11. The van der Waals surface area contributed by atoms with Gasteiger partial charge in [-0.1, -0.05) is 54.1 Å². The number of aromatic nitrogens is 2. The van der Waals surface area contributed by atoms with Crippen LogP contribution < -0.4 is 10.3 Å². The first-order chi connectivity index (χ1) is 14.2. The lowest BCUT2D eigenvalue weighted by molar-refractivity contribution is 0.460. The van der Waals surface area contributed by atoms with Crippen LogP contribution in [0.2, 0.25) is 5.02 Å². The normalized spacial score (nSPS) is 11.2. The molecule has 5 rings (SSSR count). The van der Waals surface area contributed by atoms with Gasteiger partial charge < -0.3 is 9.15 Å². The Balaban J connectivity index is 1.53. The molecule has 0 amide bonds. The zero-order valence-electron chi connectivity index (χ0n) is 15.2. The fourth-order valence-corrected chi connectivity index (χ4v) is 3.54. The third-order valence-corrected chi connectivity index (χ3v) is 5.07. The first-order valence-corrected chi connectivity index (χ1v) is 9.44. The minimum atomic E-state index is -0.391. The molecule has 0 N–H and O–H groups in total. The van der Waals surface area contributed by atoms with E-state index in [9.17, 15) is 4.79 Å². The molecular formula is C23H15ClN2O3. The van der Waals surface area contributed by atoms with Crippen molar-refractivity contribution in [3.8, 4) is 11.5 Å². The Bertz CT molecular complexity index is 1400. The Morgan fingerprint density at radius 3 is 2.79 bits per heavy atom. The van der Waals surface area contributed by atoms with Crippen molar-refractivity contribution in [1.29, 1.82) is 0 Å². The summed E-state index contributed by atoms with van der Waals surface area (Å²) in [6.45, 7) is 0.314. The molecule has 6 heteroatoms. The lowest BCUT2D eigenvalue weighted by atomic mass is 10.0. The number of hydrogen-bond donors (Lipinski definition) is 0. The molecule has 2 heterocycles. The third-order valence-electron chi connectivity index (χ3n) is 4.80. The molecule has 3 aromatic carbocycles. The second-order valence-electron chi connectivity index (χ2n) is 6.65. The summed E-state index contributed by atoms with van der Waals surface area (Å²) in [5, 5.41) is 7.43. The Kier molecular flexibility index (Phi) is 4.30. The van der Waals surface area contributed by atoms with E-state index in [4.69, 9.17) is 20.8 Å². The summed E-state index contributed by atoms with van der Waals surface area (Å²) in [5.41, 5.74) is 1.34. The van der Waals surface area contributed by atoms with Gasteiger partial charge in [0.25, 0.3) is 0 Å². The Morgan fingerprint density at radius 2 is 1.86 bits per heavy atom. The molecule has 0 saturated heterocycles. The van der Waals surface area contributed by atoms with Gasteiger partial charge in [-0.25, -0.2) is 4.68 Å². The number of halogens is 1. The highest BCUT2D eigenvalue weighted by atomic mass is 35.5. The molecule has 0 bridgehead atoms. The molecule has 142 valence electrons.